The van der Waals surface area contributed by atoms with Crippen molar-refractivity contribution in [3.8, 4) is 5.75 Å². The predicted molar refractivity (Wildman–Crippen MR) is 108 cm³/mol. The lowest BCUT2D eigenvalue weighted by Gasteiger charge is -2.18. The van der Waals surface area contributed by atoms with Crippen molar-refractivity contribution < 1.29 is 4.74 Å². The molecule has 0 saturated heterocycles. The second-order valence-corrected chi connectivity index (χ2v) is 7.20. The third kappa shape index (κ3) is 5.06. The fourth-order valence-electron chi connectivity index (χ4n) is 2.28. The summed E-state index contributed by atoms with van der Waals surface area (Å²) in [6.07, 6.45) is 1.78. The molecule has 0 radical (unpaired) electrons. The van der Waals surface area contributed by atoms with Crippen LogP contribution in [-0.2, 0) is 5.75 Å². The topological polar surface area (TPSA) is 54.0 Å². The molecule has 2 heterocycles. The quantitative estimate of drug-likeness (QED) is 0.536. The van der Waals surface area contributed by atoms with Crippen LogP contribution in [0.5, 0.6) is 5.75 Å². The Morgan fingerprint density at radius 1 is 1.15 bits per heavy atom. The maximum absolute atomic E-state index is 5.98. The second kappa shape index (κ2) is 9.16. The van der Waals surface area contributed by atoms with E-state index >= 15 is 0 Å². The van der Waals surface area contributed by atoms with Gasteiger partial charge >= 0.3 is 0 Å². The van der Waals surface area contributed by atoms with Crippen LogP contribution in [0.15, 0.2) is 53.8 Å². The Bertz CT molecular complexity index is 825. The first-order valence-corrected chi connectivity index (χ1v) is 9.74. The maximum Gasteiger partial charge on any atom is 0.168 e. The first-order valence-electron chi connectivity index (χ1n) is 8.00. The van der Waals surface area contributed by atoms with Gasteiger partial charge in [0, 0.05) is 24.6 Å². The molecule has 0 aliphatic heterocycles. The number of para-hydroxylation sites is 1. The number of nitrogens with one attached hydrogen (secondary N) is 1. The molecule has 1 aromatic carbocycles. The summed E-state index contributed by atoms with van der Waals surface area (Å²) in [4.78, 5) is 13.5. The number of likely N-dealkylation sites (N-methyl/N-ethyl adjacent to an activating group) is 1. The van der Waals surface area contributed by atoms with Gasteiger partial charge in [-0.1, -0.05) is 59.2 Å². The van der Waals surface area contributed by atoms with Crippen LogP contribution in [0.25, 0.3) is 0 Å². The Kier molecular flexibility index (Phi) is 6.66. The molecule has 5 nitrogen and oxygen atoms in total. The number of halogens is 2. The Balaban J connectivity index is 1.55. The monoisotopic (exact) mass is 408 g/mol. The zero-order chi connectivity index (χ0) is 18.4. The van der Waals surface area contributed by atoms with Crippen LogP contribution in [-0.4, -0.2) is 35.2 Å². The summed E-state index contributed by atoms with van der Waals surface area (Å²) >= 11 is 13.3. The Morgan fingerprint density at radius 3 is 2.69 bits per heavy atom. The lowest BCUT2D eigenvalue weighted by atomic mass is 10.2. The summed E-state index contributed by atoms with van der Waals surface area (Å²) in [7, 11) is 2.00. The summed E-state index contributed by atoms with van der Waals surface area (Å²) in [5.41, 5.74) is 1.08. The van der Waals surface area contributed by atoms with Crippen molar-refractivity contribution in [2.24, 2.45) is 0 Å². The average molecular weight is 409 g/mol. The van der Waals surface area contributed by atoms with Crippen molar-refractivity contribution in [2.45, 2.75) is 10.9 Å². The zero-order valence-electron chi connectivity index (χ0n) is 14.2. The van der Waals surface area contributed by atoms with Gasteiger partial charge in [0.05, 0.1) is 6.54 Å². The minimum absolute atomic E-state index is 0.288. The normalized spacial score (nSPS) is 10.7. The first-order chi connectivity index (χ1) is 12.6. The maximum atomic E-state index is 5.98. The van der Waals surface area contributed by atoms with Crippen molar-refractivity contribution in [3.05, 3.63) is 64.5 Å². The van der Waals surface area contributed by atoms with Crippen LogP contribution in [0.3, 0.4) is 0 Å². The van der Waals surface area contributed by atoms with E-state index in [1.165, 1.54) is 11.8 Å². The molecule has 0 spiro atoms. The Hall–Kier alpha value is -1.89. The summed E-state index contributed by atoms with van der Waals surface area (Å²) < 4.78 is 5.98. The smallest absolute Gasteiger partial charge is 0.168 e. The molecule has 1 N–H and O–H groups in total. The first kappa shape index (κ1) is 18.9. The fourth-order valence-corrected chi connectivity index (χ4v) is 3.51. The standard InChI is InChI=1S/C18H18Cl2N4OS/c1-24(15-8-4-5-9-21-15)10-11-25-14-7-3-2-6-13(14)12-26-18-22-16(19)17(20)23-18/h2-9H,10-12H2,1H3,(H,22,23). The molecular weight excluding hydrogens is 391 g/mol. The highest BCUT2D eigenvalue weighted by Gasteiger charge is 2.09. The van der Waals surface area contributed by atoms with Gasteiger partial charge in [0.2, 0.25) is 0 Å². The van der Waals surface area contributed by atoms with E-state index in [2.05, 4.69) is 19.9 Å². The number of aromatic nitrogens is 3. The molecular formula is C18H18Cl2N4OS. The summed E-state index contributed by atoms with van der Waals surface area (Å²) in [5, 5.41) is 1.33. The van der Waals surface area contributed by atoms with Gasteiger partial charge in [-0.2, -0.15) is 0 Å². The number of pyridine rings is 1. The number of rotatable bonds is 8. The van der Waals surface area contributed by atoms with E-state index in [9.17, 15) is 0 Å². The van der Waals surface area contributed by atoms with Gasteiger partial charge in [0.15, 0.2) is 10.3 Å². The highest BCUT2D eigenvalue weighted by Crippen LogP contribution is 2.29. The fraction of sp³-hybridized carbons (Fsp3) is 0.222. The van der Waals surface area contributed by atoms with Crippen LogP contribution in [0, 0.1) is 0 Å². The lowest BCUT2D eigenvalue weighted by molar-refractivity contribution is 0.323. The van der Waals surface area contributed by atoms with Gasteiger partial charge in [0.25, 0.3) is 0 Å². The molecule has 136 valence electrons. The summed E-state index contributed by atoms with van der Waals surface area (Å²) in [6.45, 7) is 1.30. The molecule has 3 rings (SSSR count). The second-order valence-electron chi connectivity index (χ2n) is 5.50. The summed E-state index contributed by atoms with van der Waals surface area (Å²) in [6, 6.07) is 13.8. The molecule has 0 aliphatic rings. The van der Waals surface area contributed by atoms with E-state index in [1.807, 2.05) is 49.5 Å². The predicted octanol–water partition coefficient (Wildman–Crippen LogP) is 4.92. The van der Waals surface area contributed by atoms with Crippen LogP contribution >= 0.6 is 35.0 Å². The van der Waals surface area contributed by atoms with Gasteiger partial charge in [0.1, 0.15) is 23.3 Å². The number of hydrogen-bond acceptors (Lipinski definition) is 5. The third-order valence-electron chi connectivity index (χ3n) is 3.66. The number of hydrogen-bond donors (Lipinski definition) is 1. The Labute approximate surface area is 166 Å². The average Bonchev–Trinajstić information content (AvgIpc) is 2.99. The van der Waals surface area contributed by atoms with Gasteiger partial charge in [-0.3, -0.25) is 0 Å². The van der Waals surface area contributed by atoms with Crippen LogP contribution < -0.4 is 9.64 Å². The number of nitrogens with zero attached hydrogens (tertiary/aromatic N) is 3. The molecule has 0 unspecified atom stereocenters. The largest absolute Gasteiger partial charge is 0.491 e. The molecule has 0 amide bonds. The minimum atomic E-state index is 0.288. The van der Waals surface area contributed by atoms with E-state index in [1.54, 1.807) is 6.20 Å². The molecule has 2 aromatic heterocycles. The number of H-pyrrole nitrogens is 1. The molecule has 0 bridgehead atoms. The lowest BCUT2D eigenvalue weighted by Crippen LogP contribution is -2.24. The number of ether oxygens (including phenoxy) is 1. The van der Waals surface area contributed by atoms with Crippen molar-refractivity contribution in [2.75, 3.05) is 25.1 Å². The Morgan fingerprint density at radius 2 is 1.96 bits per heavy atom. The van der Waals surface area contributed by atoms with Gasteiger partial charge in [-0.25, -0.2) is 9.97 Å². The minimum Gasteiger partial charge on any atom is -0.491 e. The van der Waals surface area contributed by atoms with E-state index in [-0.39, 0.29) is 5.15 Å². The van der Waals surface area contributed by atoms with E-state index in [0.29, 0.717) is 22.7 Å². The molecule has 26 heavy (non-hydrogen) atoms. The number of aromatic amines is 1. The molecule has 0 aliphatic carbocycles. The summed E-state index contributed by atoms with van der Waals surface area (Å²) in [5.74, 6) is 2.48. The number of imidazole rings is 1. The molecule has 0 saturated carbocycles. The van der Waals surface area contributed by atoms with E-state index < -0.39 is 0 Å². The van der Waals surface area contributed by atoms with Crippen LogP contribution in [0.4, 0.5) is 5.82 Å². The molecule has 0 fully saturated rings. The number of benzene rings is 1. The highest BCUT2D eigenvalue weighted by molar-refractivity contribution is 7.98. The SMILES string of the molecule is CN(CCOc1ccccc1CSc1nc(Cl)c(Cl)[nH]1)c1ccccn1. The van der Waals surface area contributed by atoms with Crippen molar-refractivity contribution in [3.63, 3.8) is 0 Å². The van der Waals surface area contributed by atoms with E-state index in [4.69, 9.17) is 27.9 Å². The highest BCUT2D eigenvalue weighted by atomic mass is 35.5. The third-order valence-corrected chi connectivity index (χ3v) is 5.22. The van der Waals surface area contributed by atoms with Gasteiger partial charge in [-0.15, -0.1) is 0 Å². The molecule has 0 atom stereocenters. The van der Waals surface area contributed by atoms with Crippen molar-refractivity contribution in [1.29, 1.82) is 0 Å². The van der Waals surface area contributed by atoms with Crippen LogP contribution in [0.1, 0.15) is 5.56 Å². The molecule has 8 heteroatoms. The van der Waals surface area contributed by atoms with Crippen molar-refractivity contribution in [1.82, 2.24) is 15.0 Å². The van der Waals surface area contributed by atoms with Gasteiger partial charge < -0.3 is 14.6 Å². The van der Waals surface area contributed by atoms with Gasteiger partial charge in [-0.05, 0) is 18.2 Å². The number of thioether (sulfide) groups is 1. The zero-order valence-corrected chi connectivity index (χ0v) is 16.5. The van der Waals surface area contributed by atoms with E-state index in [0.717, 1.165) is 23.7 Å². The molecule has 3 aromatic rings. The van der Waals surface area contributed by atoms with Crippen LogP contribution in [0.2, 0.25) is 10.3 Å². The number of anilines is 1. The van der Waals surface area contributed by atoms with Crippen molar-refractivity contribution >= 4 is 40.8 Å².